The third-order valence-corrected chi connectivity index (χ3v) is 9.43. The fraction of sp³-hybridized carbons (Fsp3) is 0.444. The molecule has 3 heterocycles. The van der Waals surface area contributed by atoms with E-state index in [-0.39, 0.29) is 30.8 Å². The van der Waals surface area contributed by atoms with E-state index in [1.165, 1.54) is 27.0 Å². The Morgan fingerprint density at radius 3 is 2.54 bits per heavy atom. The van der Waals surface area contributed by atoms with E-state index in [0.717, 1.165) is 16.9 Å². The van der Waals surface area contributed by atoms with Crippen LogP contribution in [-0.4, -0.2) is 37.6 Å². The number of carbonyl (C=O) groups excluding carboxylic acids is 2. The van der Waals surface area contributed by atoms with Gasteiger partial charge in [0.05, 0.1) is 4.88 Å². The van der Waals surface area contributed by atoms with E-state index in [1.54, 1.807) is 17.5 Å². The molecule has 7 nitrogen and oxygen atoms in total. The number of rotatable bonds is 5. The quantitative estimate of drug-likeness (QED) is 0.697. The average Bonchev–Trinajstić information content (AvgIpc) is 3.36. The van der Waals surface area contributed by atoms with E-state index in [2.05, 4.69) is 10.9 Å². The highest BCUT2D eigenvalue weighted by atomic mass is 32.2. The minimum absolute atomic E-state index is 0.287. The predicted octanol–water partition coefficient (Wildman–Crippen LogP) is 2.54. The molecule has 0 spiro atoms. The van der Waals surface area contributed by atoms with Crippen LogP contribution in [0.2, 0.25) is 0 Å². The molecule has 2 aromatic heterocycles. The Balaban J connectivity index is 1.50. The van der Waals surface area contributed by atoms with Gasteiger partial charge in [0.1, 0.15) is 4.21 Å². The maximum Gasteiger partial charge on any atom is 0.279 e. The average molecular weight is 442 g/mol. The zero-order valence-corrected chi connectivity index (χ0v) is 18.2. The smallest absolute Gasteiger partial charge is 0.273 e. The van der Waals surface area contributed by atoms with Crippen molar-refractivity contribution in [2.45, 2.75) is 37.3 Å². The Hall–Kier alpha value is -1.75. The van der Waals surface area contributed by atoms with Crippen LogP contribution in [-0.2, 0) is 21.2 Å². The number of hydrazine groups is 1. The lowest BCUT2D eigenvalue weighted by Crippen LogP contribution is -2.48. The highest BCUT2D eigenvalue weighted by Crippen LogP contribution is 2.26. The molecule has 2 amide bonds. The highest BCUT2D eigenvalue weighted by molar-refractivity contribution is 7.91. The fourth-order valence-corrected chi connectivity index (χ4v) is 6.78. The molecule has 1 aliphatic rings. The van der Waals surface area contributed by atoms with Crippen LogP contribution in [0.3, 0.4) is 0 Å². The number of sulfonamides is 1. The van der Waals surface area contributed by atoms with Crippen LogP contribution in [0.25, 0.3) is 0 Å². The molecule has 1 aliphatic heterocycles. The van der Waals surface area contributed by atoms with Gasteiger partial charge in [-0.2, -0.15) is 4.31 Å². The van der Waals surface area contributed by atoms with Crippen molar-refractivity contribution in [3.05, 3.63) is 38.9 Å². The summed E-state index contributed by atoms with van der Waals surface area (Å²) in [7, 11) is -3.48. The number of thiophene rings is 2. The van der Waals surface area contributed by atoms with Crippen molar-refractivity contribution in [2.24, 2.45) is 5.92 Å². The second-order valence-corrected chi connectivity index (χ2v) is 10.9. The maximum absolute atomic E-state index is 12.5. The highest BCUT2D eigenvalue weighted by Gasteiger charge is 2.32. The zero-order chi connectivity index (χ0) is 20.3. The first-order valence-electron chi connectivity index (χ1n) is 9.06. The summed E-state index contributed by atoms with van der Waals surface area (Å²) in [4.78, 5) is 26.3. The van der Waals surface area contributed by atoms with E-state index < -0.39 is 10.0 Å². The topological polar surface area (TPSA) is 95.6 Å². The Morgan fingerprint density at radius 1 is 1.25 bits per heavy atom. The van der Waals surface area contributed by atoms with Gasteiger partial charge in [-0.3, -0.25) is 20.4 Å². The first kappa shape index (κ1) is 21.0. The number of hydrogen-bond acceptors (Lipinski definition) is 6. The van der Waals surface area contributed by atoms with Crippen molar-refractivity contribution >= 4 is 44.5 Å². The van der Waals surface area contributed by atoms with Crippen LogP contribution in [0.5, 0.6) is 0 Å². The molecule has 3 rings (SSSR count). The molecular weight excluding hydrogens is 418 g/mol. The summed E-state index contributed by atoms with van der Waals surface area (Å²) in [6.07, 6.45) is 1.71. The van der Waals surface area contributed by atoms with Crippen LogP contribution < -0.4 is 10.9 Å². The molecule has 0 bridgehead atoms. The summed E-state index contributed by atoms with van der Waals surface area (Å²) in [5.74, 6) is -0.948. The molecule has 2 N–H and O–H groups in total. The summed E-state index contributed by atoms with van der Waals surface area (Å²) < 4.78 is 26.8. The number of piperidine rings is 1. The Bertz CT molecular complexity index is 943. The van der Waals surface area contributed by atoms with Crippen molar-refractivity contribution in [1.29, 1.82) is 0 Å². The molecule has 0 aromatic carbocycles. The lowest BCUT2D eigenvalue weighted by Gasteiger charge is -2.30. The molecule has 0 atom stereocenters. The SMILES string of the molecule is CCc1sc(C(=O)NNC(=O)C2CCN(S(=O)(=O)c3cccs3)CC2)cc1C. The van der Waals surface area contributed by atoms with Crippen LogP contribution >= 0.6 is 22.7 Å². The van der Waals surface area contributed by atoms with E-state index in [9.17, 15) is 18.0 Å². The zero-order valence-electron chi connectivity index (χ0n) is 15.7. The molecule has 0 radical (unpaired) electrons. The minimum atomic E-state index is -3.48. The number of hydrogen-bond donors (Lipinski definition) is 2. The van der Waals surface area contributed by atoms with Crippen molar-refractivity contribution in [3.63, 3.8) is 0 Å². The van der Waals surface area contributed by atoms with Crippen molar-refractivity contribution in [2.75, 3.05) is 13.1 Å². The first-order chi connectivity index (χ1) is 13.3. The number of amides is 2. The van der Waals surface area contributed by atoms with E-state index in [0.29, 0.717) is 21.9 Å². The normalized spacial score (nSPS) is 16.1. The van der Waals surface area contributed by atoms with Gasteiger partial charge < -0.3 is 0 Å². The molecule has 0 aliphatic carbocycles. The number of nitrogens with one attached hydrogen (secondary N) is 2. The molecule has 152 valence electrons. The molecule has 10 heteroatoms. The minimum Gasteiger partial charge on any atom is -0.273 e. The number of carbonyl (C=O) groups is 2. The van der Waals surface area contributed by atoms with E-state index >= 15 is 0 Å². The molecular formula is C18H23N3O4S3. The van der Waals surface area contributed by atoms with Gasteiger partial charge in [-0.05, 0) is 49.3 Å². The summed E-state index contributed by atoms with van der Waals surface area (Å²) in [5.41, 5.74) is 6.02. The van der Waals surface area contributed by atoms with Crippen molar-refractivity contribution in [3.8, 4) is 0 Å². The van der Waals surface area contributed by atoms with E-state index in [1.807, 2.05) is 19.9 Å². The standard InChI is InChI=1S/C18H23N3O4S3/c1-3-14-12(2)11-15(27-14)18(23)20-19-17(22)13-6-8-21(9-7-13)28(24,25)16-5-4-10-26-16/h4-5,10-11,13H,3,6-9H2,1-2H3,(H,19,22)(H,20,23). The van der Waals surface area contributed by atoms with Gasteiger partial charge in [0.2, 0.25) is 5.91 Å². The second-order valence-electron chi connectivity index (χ2n) is 6.62. The van der Waals surface area contributed by atoms with Gasteiger partial charge in [0, 0.05) is 23.9 Å². The van der Waals surface area contributed by atoms with Crippen molar-refractivity contribution < 1.29 is 18.0 Å². The predicted molar refractivity (Wildman–Crippen MR) is 110 cm³/mol. The van der Waals surface area contributed by atoms with Gasteiger partial charge in [-0.15, -0.1) is 22.7 Å². The summed E-state index contributed by atoms with van der Waals surface area (Å²) in [5, 5.41) is 1.73. The van der Waals surface area contributed by atoms with Crippen LogP contribution in [0.1, 0.15) is 39.9 Å². The van der Waals surface area contributed by atoms with Crippen LogP contribution in [0.4, 0.5) is 0 Å². The lowest BCUT2D eigenvalue weighted by atomic mass is 9.98. The third-order valence-electron chi connectivity index (χ3n) is 4.78. The lowest BCUT2D eigenvalue weighted by molar-refractivity contribution is -0.126. The van der Waals surface area contributed by atoms with Gasteiger partial charge in [0.25, 0.3) is 15.9 Å². The number of nitrogens with zero attached hydrogens (tertiary/aromatic N) is 1. The summed E-state index contributed by atoms with van der Waals surface area (Å²) in [6.45, 7) is 4.57. The molecule has 28 heavy (non-hydrogen) atoms. The summed E-state index contributed by atoms with van der Waals surface area (Å²) in [6, 6.07) is 5.11. The van der Waals surface area contributed by atoms with Crippen LogP contribution in [0, 0.1) is 12.8 Å². The fourth-order valence-electron chi connectivity index (χ4n) is 3.16. The van der Waals surface area contributed by atoms with Gasteiger partial charge in [-0.25, -0.2) is 8.42 Å². The second kappa shape index (κ2) is 8.73. The summed E-state index contributed by atoms with van der Waals surface area (Å²) >= 11 is 2.61. The van der Waals surface area contributed by atoms with E-state index in [4.69, 9.17) is 0 Å². The molecule has 0 saturated carbocycles. The number of aryl methyl sites for hydroxylation is 2. The Morgan fingerprint density at radius 2 is 1.96 bits per heavy atom. The Kier molecular flexibility index (Phi) is 6.54. The van der Waals surface area contributed by atoms with Crippen LogP contribution in [0.15, 0.2) is 27.8 Å². The maximum atomic E-state index is 12.5. The third kappa shape index (κ3) is 4.45. The van der Waals surface area contributed by atoms with Gasteiger partial charge >= 0.3 is 0 Å². The monoisotopic (exact) mass is 441 g/mol. The molecule has 1 fully saturated rings. The largest absolute Gasteiger partial charge is 0.279 e. The van der Waals surface area contributed by atoms with Gasteiger partial charge in [-0.1, -0.05) is 13.0 Å². The van der Waals surface area contributed by atoms with Crippen molar-refractivity contribution in [1.82, 2.24) is 15.2 Å². The molecule has 0 unspecified atom stereocenters. The molecule has 2 aromatic rings. The Labute approximate surface area is 172 Å². The first-order valence-corrected chi connectivity index (χ1v) is 12.2. The van der Waals surface area contributed by atoms with Gasteiger partial charge in [0.15, 0.2) is 0 Å². The molecule has 1 saturated heterocycles.